The minimum absolute atomic E-state index is 0.0430. The molecule has 6 nitrogen and oxygen atoms in total. The third-order valence-electron chi connectivity index (χ3n) is 6.77. The lowest BCUT2D eigenvalue weighted by Crippen LogP contribution is -2.48. The van der Waals surface area contributed by atoms with Crippen LogP contribution in [0.2, 0.25) is 0 Å². The second-order valence-electron chi connectivity index (χ2n) is 9.05. The monoisotopic (exact) mass is 456 g/mol. The number of nitrogens with zero attached hydrogens (tertiary/aromatic N) is 2. The van der Waals surface area contributed by atoms with Crippen LogP contribution in [0.1, 0.15) is 47.2 Å². The van der Waals surface area contributed by atoms with Crippen LogP contribution in [0.4, 0.5) is 4.79 Å². The fourth-order valence-corrected chi connectivity index (χ4v) is 5.09. The molecule has 3 heterocycles. The molecule has 2 bridgehead atoms. The van der Waals surface area contributed by atoms with Crippen LogP contribution in [0.25, 0.3) is 0 Å². The minimum Gasteiger partial charge on any atom is -0.487 e. The maximum Gasteiger partial charge on any atom is 0.410 e. The van der Waals surface area contributed by atoms with Gasteiger partial charge in [0.05, 0.1) is 6.20 Å². The average Bonchev–Trinajstić information content (AvgIpc) is 3.16. The van der Waals surface area contributed by atoms with Crippen molar-refractivity contribution in [1.29, 1.82) is 0 Å². The van der Waals surface area contributed by atoms with Crippen molar-refractivity contribution in [3.63, 3.8) is 0 Å². The van der Waals surface area contributed by atoms with E-state index in [0.717, 1.165) is 24.0 Å². The molecular weight excluding hydrogens is 428 g/mol. The molecule has 5 rings (SSSR count). The molecule has 2 atom stereocenters. The Morgan fingerprint density at radius 2 is 1.47 bits per heavy atom. The SMILES string of the molecule is O=C(c1cncc(OCc2ccccc2)c1)C1CC2CCC(C1)N2C(=O)OCc1ccccc1. The Labute approximate surface area is 199 Å². The van der Waals surface area contributed by atoms with Gasteiger partial charge in [-0.2, -0.15) is 0 Å². The lowest BCUT2D eigenvalue weighted by atomic mass is 9.85. The number of carbonyl (C=O) groups excluding carboxylic acids is 2. The molecular formula is C28H28N2O4. The van der Waals surface area contributed by atoms with Gasteiger partial charge in [-0.1, -0.05) is 60.7 Å². The van der Waals surface area contributed by atoms with Crippen molar-refractivity contribution in [2.75, 3.05) is 0 Å². The van der Waals surface area contributed by atoms with Crippen LogP contribution in [-0.2, 0) is 18.0 Å². The number of Topliss-reactive ketones (excluding diaryl/α,β-unsaturated/α-hetero) is 1. The Morgan fingerprint density at radius 3 is 2.12 bits per heavy atom. The van der Waals surface area contributed by atoms with Gasteiger partial charge in [0.25, 0.3) is 0 Å². The van der Waals surface area contributed by atoms with Gasteiger partial charge in [0.15, 0.2) is 5.78 Å². The van der Waals surface area contributed by atoms with Crippen molar-refractivity contribution in [3.05, 3.63) is 95.8 Å². The van der Waals surface area contributed by atoms with Crippen molar-refractivity contribution < 1.29 is 19.1 Å². The van der Waals surface area contributed by atoms with E-state index in [1.54, 1.807) is 18.5 Å². The molecule has 34 heavy (non-hydrogen) atoms. The Hall–Kier alpha value is -3.67. The van der Waals surface area contributed by atoms with E-state index in [9.17, 15) is 9.59 Å². The number of benzene rings is 2. The van der Waals surface area contributed by atoms with E-state index in [0.29, 0.717) is 30.8 Å². The molecule has 0 saturated carbocycles. The molecule has 1 amide bonds. The summed E-state index contributed by atoms with van der Waals surface area (Å²) in [5.74, 6) is 0.535. The average molecular weight is 457 g/mol. The number of piperidine rings is 1. The molecule has 0 N–H and O–H groups in total. The molecule has 2 aromatic carbocycles. The summed E-state index contributed by atoms with van der Waals surface area (Å²) >= 11 is 0. The summed E-state index contributed by atoms with van der Waals surface area (Å²) < 4.78 is 11.4. The van der Waals surface area contributed by atoms with E-state index in [-0.39, 0.29) is 36.5 Å². The Morgan fingerprint density at radius 1 is 0.853 bits per heavy atom. The lowest BCUT2D eigenvalue weighted by molar-refractivity contribution is 0.0485. The van der Waals surface area contributed by atoms with Crippen LogP contribution in [0.15, 0.2) is 79.1 Å². The van der Waals surface area contributed by atoms with Gasteiger partial charge < -0.3 is 14.4 Å². The molecule has 0 spiro atoms. The zero-order valence-corrected chi connectivity index (χ0v) is 19.0. The standard InChI is InChI=1S/C28H28N2O4/c31-27(23-15-26(17-29-16-23)33-18-20-7-3-1-4-8-20)22-13-24-11-12-25(14-22)30(24)28(32)34-19-21-9-5-2-6-10-21/h1-10,15-17,22,24-25H,11-14,18-19H2. The van der Waals surface area contributed by atoms with Crippen molar-refractivity contribution in [3.8, 4) is 5.75 Å². The number of hydrogen-bond acceptors (Lipinski definition) is 5. The second-order valence-corrected chi connectivity index (χ2v) is 9.05. The van der Waals surface area contributed by atoms with Crippen LogP contribution in [0.5, 0.6) is 5.75 Å². The van der Waals surface area contributed by atoms with E-state index in [1.807, 2.05) is 65.6 Å². The van der Waals surface area contributed by atoms with Crippen LogP contribution < -0.4 is 4.74 Å². The number of ketones is 1. The summed E-state index contributed by atoms with van der Waals surface area (Å²) in [5.41, 5.74) is 2.59. The fraction of sp³-hybridized carbons (Fsp3) is 0.321. The number of aromatic nitrogens is 1. The Kier molecular flexibility index (Phi) is 6.56. The summed E-state index contributed by atoms with van der Waals surface area (Å²) in [4.78, 5) is 32.2. The van der Waals surface area contributed by atoms with Crippen molar-refractivity contribution >= 4 is 11.9 Å². The van der Waals surface area contributed by atoms with Crippen molar-refractivity contribution in [1.82, 2.24) is 9.88 Å². The predicted octanol–water partition coefficient (Wildman–Crippen LogP) is 5.42. The number of carbonyl (C=O) groups is 2. The number of hydrogen-bond donors (Lipinski definition) is 0. The number of ether oxygens (including phenoxy) is 2. The molecule has 2 fully saturated rings. The van der Waals surface area contributed by atoms with Gasteiger partial charge in [0.2, 0.25) is 0 Å². The maximum atomic E-state index is 13.3. The first-order valence-corrected chi connectivity index (χ1v) is 11.8. The Balaban J connectivity index is 1.19. The first-order valence-electron chi connectivity index (χ1n) is 11.8. The normalized spacial score (nSPS) is 21.2. The second kappa shape index (κ2) is 10.1. The highest BCUT2D eigenvalue weighted by Crippen LogP contribution is 2.40. The molecule has 2 saturated heterocycles. The highest BCUT2D eigenvalue weighted by Gasteiger charge is 2.46. The van der Waals surface area contributed by atoms with Gasteiger partial charge in [0, 0.05) is 29.8 Å². The fourth-order valence-electron chi connectivity index (χ4n) is 5.09. The molecule has 174 valence electrons. The van der Waals surface area contributed by atoms with E-state index in [1.165, 1.54) is 0 Å². The summed E-state index contributed by atoms with van der Waals surface area (Å²) in [6, 6.07) is 21.4. The third kappa shape index (κ3) is 4.96. The number of pyridine rings is 1. The first kappa shape index (κ1) is 22.1. The van der Waals surface area contributed by atoms with E-state index < -0.39 is 0 Å². The van der Waals surface area contributed by atoms with Crippen LogP contribution >= 0.6 is 0 Å². The van der Waals surface area contributed by atoms with Gasteiger partial charge in [-0.3, -0.25) is 9.78 Å². The van der Waals surface area contributed by atoms with Crippen LogP contribution in [0, 0.1) is 5.92 Å². The molecule has 3 aromatic rings. The maximum absolute atomic E-state index is 13.3. The highest BCUT2D eigenvalue weighted by atomic mass is 16.6. The summed E-state index contributed by atoms with van der Waals surface area (Å²) in [6.45, 7) is 0.688. The van der Waals surface area contributed by atoms with Gasteiger partial charge in [-0.25, -0.2) is 4.79 Å². The van der Waals surface area contributed by atoms with Gasteiger partial charge >= 0.3 is 6.09 Å². The number of amides is 1. The molecule has 2 unspecified atom stereocenters. The zero-order valence-electron chi connectivity index (χ0n) is 19.0. The van der Waals surface area contributed by atoms with Gasteiger partial charge in [0.1, 0.15) is 19.0 Å². The van der Waals surface area contributed by atoms with Crippen molar-refractivity contribution in [2.45, 2.75) is 51.0 Å². The predicted molar refractivity (Wildman–Crippen MR) is 127 cm³/mol. The molecule has 0 aliphatic carbocycles. The Bertz CT molecular complexity index is 1120. The zero-order chi connectivity index (χ0) is 23.3. The quantitative estimate of drug-likeness (QED) is 0.444. The molecule has 6 heteroatoms. The van der Waals surface area contributed by atoms with E-state index >= 15 is 0 Å². The summed E-state index contributed by atoms with van der Waals surface area (Å²) in [5, 5.41) is 0. The van der Waals surface area contributed by atoms with Crippen LogP contribution in [-0.4, -0.2) is 33.8 Å². The summed E-state index contributed by atoms with van der Waals surface area (Å²) in [7, 11) is 0. The minimum atomic E-state index is -0.278. The largest absolute Gasteiger partial charge is 0.487 e. The topological polar surface area (TPSA) is 68.7 Å². The van der Waals surface area contributed by atoms with E-state index in [4.69, 9.17) is 9.47 Å². The van der Waals surface area contributed by atoms with Crippen LogP contribution in [0.3, 0.4) is 0 Å². The van der Waals surface area contributed by atoms with Gasteiger partial charge in [-0.15, -0.1) is 0 Å². The van der Waals surface area contributed by atoms with Gasteiger partial charge in [-0.05, 0) is 42.9 Å². The molecule has 2 aliphatic rings. The number of rotatable bonds is 7. The lowest BCUT2D eigenvalue weighted by Gasteiger charge is -2.37. The molecule has 0 radical (unpaired) electrons. The van der Waals surface area contributed by atoms with E-state index in [2.05, 4.69) is 4.98 Å². The smallest absolute Gasteiger partial charge is 0.410 e. The number of fused-ring (bicyclic) bond motifs is 2. The van der Waals surface area contributed by atoms with Crippen molar-refractivity contribution in [2.24, 2.45) is 5.92 Å². The highest BCUT2D eigenvalue weighted by molar-refractivity contribution is 5.98. The first-order chi connectivity index (χ1) is 16.7. The summed E-state index contributed by atoms with van der Waals surface area (Å²) in [6.07, 6.45) is 6.10. The molecule has 1 aromatic heterocycles. The molecule has 2 aliphatic heterocycles. The third-order valence-corrected chi connectivity index (χ3v) is 6.77.